The molecule has 3 aromatic rings. The van der Waals surface area contributed by atoms with E-state index in [1.54, 1.807) is 12.4 Å². The van der Waals surface area contributed by atoms with E-state index >= 15 is 0 Å². The third kappa shape index (κ3) is 3.32. The highest BCUT2D eigenvalue weighted by Crippen LogP contribution is 2.30. The number of rotatable bonds is 3. The minimum atomic E-state index is 0.00840. The lowest BCUT2D eigenvalue weighted by atomic mass is 10.1. The minimum Gasteiger partial charge on any atom is -0.341 e. The van der Waals surface area contributed by atoms with Crippen LogP contribution in [-0.2, 0) is 13.1 Å². The molecule has 0 saturated heterocycles. The molecule has 1 aliphatic heterocycles. The molecule has 4 rings (SSSR count). The first-order valence-corrected chi connectivity index (χ1v) is 9.22. The summed E-state index contributed by atoms with van der Waals surface area (Å²) in [6, 6.07) is 5.70. The van der Waals surface area contributed by atoms with Gasteiger partial charge in [0, 0.05) is 36.7 Å². The molecule has 1 amide bonds. The molecule has 4 heterocycles. The second-order valence-corrected chi connectivity index (χ2v) is 7.35. The summed E-state index contributed by atoms with van der Waals surface area (Å²) in [6.45, 7) is 7.12. The van der Waals surface area contributed by atoms with E-state index in [1.807, 2.05) is 47.7 Å². The molecule has 1 aliphatic rings. The van der Waals surface area contributed by atoms with Crippen molar-refractivity contribution < 1.29 is 4.79 Å². The Kier molecular flexibility index (Phi) is 4.44. The molecule has 0 fully saturated rings. The van der Waals surface area contributed by atoms with E-state index in [-0.39, 0.29) is 11.9 Å². The van der Waals surface area contributed by atoms with E-state index in [0.717, 1.165) is 28.9 Å². The maximum atomic E-state index is 13.1. The zero-order valence-electron chi connectivity index (χ0n) is 15.5. The Hall–Kier alpha value is -2.73. The average Bonchev–Trinajstić information content (AvgIpc) is 3.04. The van der Waals surface area contributed by atoms with E-state index in [2.05, 4.69) is 21.9 Å². The minimum absolute atomic E-state index is 0.00840. The van der Waals surface area contributed by atoms with Crippen molar-refractivity contribution in [3.63, 3.8) is 0 Å². The second-order valence-electron chi connectivity index (χ2n) is 6.97. The molecule has 0 saturated carbocycles. The number of pyridine rings is 1. The standard InChI is InChI=1S/C20H20ClN5O/c1-12-8-23-19(21)7-17(12)15-6-18-20(27)26(13(2)9-25(18)10-15)11-16-4-5-22-14(3)24-16/h4-8,10,13H,9,11H2,1-3H3. The van der Waals surface area contributed by atoms with Crippen LogP contribution in [0.4, 0.5) is 0 Å². The van der Waals surface area contributed by atoms with Crippen LogP contribution in [0.15, 0.2) is 36.8 Å². The van der Waals surface area contributed by atoms with Crippen LogP contribution in [0.2, 0.25) is 5.15 Å². The summed E-state index contributed by atoms with van der Waals surface area (Å²) < 4.78 is 2.03. The zero-order valence-corrected chi connectivity index (χ0v) is 16.2. The van der Waals surface area contributed by atoms with Crippen LogP contribution in [0.3, 0.4) is 0 Å². The van der Waals surface area contributed by atoms with Crippen LogP contribution in [0.5, 0.6) is 0 Å². The number of hydrogen-bond acceptors (Lipinski definition) is 4. The van der Waals surface area contributed by atoms with Gasteiger partial charge in [0.05, 0.1) is 12.2 Å². The Morgan fingerprint density at radius 3 is 2.85 bits per heavy atom. The van der Waals surface area contributed by atoms with Gasteiger partial charge in [-0.15, -0.1) is 0 Å². The predicted molar refractivity (Wildman–Crippen MR) is 104 cm³/mol. The zero-order chi connectivity index (χ0) is 19.1. The maximum Gasteiger partial charge on any atom is 0.271 e. The predicted octanol–water partition coefficient (Wildman–Crippen LogP) is 3.65. The monoisotopic (exact) mass is 381 g/mol. The van der Waals surface area contributed by atoms with Crippen molar-refractivity contribution in [2.75, 3.05) is 0 Å². The number of aromatic nitrogens is 4. The van der Waals surface area contributed by atoms with Gasteiger partial charge >= 0.3 is 0 Å². The van der Waals surface area contributed by atoms with Gasteiger partial charge in [-0.2, -0.15) is 0 Å². The van der Waals surface area contributed by atoms with E-state index in [9.17, 15) is 4.79 Å². The molecule has 0 spiro atoms. The number of aryl methyl sites for hydroxylation is 2. The summed E-state index contributed by atoms with van der Waals surface area (Å²) in [5, 5.41) is 0.445. The van der Waals surface area contributed by atoms with Crippen molar-refractivity contribution in [2.45, 2.75) is 39.9 Å². The summed E-state index contributed by atoms with van der Waals surface area (Å²) in [6.07, 6.45) is 5.50. The fraction of sp³-hybridized carbons (Fsp3) is 0.300. The Morgan fingerprint density at radius 1 is 1.26 bits per heavy atom. The highest BCUT2D eigenvalue weighted by molar-refractivity contribution is 6.29. The van der Waals surface area contributed by atoms with E-state index < -0.39 is 0 Å². The second kappa shape index (κ2) is 6.78. The van der Waals surface area contributed by atoms with Gasteiger partial charge in [0.25, 0.3) is 5.91 Å². The lowest BCUT2D eigenvalue weighted by Crippen LogP contribution is -2.45. The van der Waals surface area contributed by atoms with Crippen molar-refractivity contribution in [1.82, 2.24) is 24.4 Å². The number of carbonyl (C=O) groups excluding carboxylic acids is 1. The first-order chi connectivity index (χ1) is 12.9. The van der Waals surface area contributed by atoms with E-state index in [0.29, 0.717) is 23.2 Å². The number of hydrogen-bond donors (Lipinski definition) is 0. The molecule has 1 unspecified atom stereocenters. The van der Waals surface area contributed by atoms with E-state index in [1.165, 1.54) is 0 Å². The quantitative estimate of drug-likeness (QED) is 0.649. The van der Waals surface area contributed by atoms with Crippen molar-refractivity contribution in [1.29, 1.82) is 0 Å². The number of halogens is 1. The summed E-state index contributed by atoms with van der Waals surface area (Å²) in [5.41, 5.74) is 4.53. The summed E-state index contributed by atoms with van der Waals surface area (Å²) in [7, 11) is 0. The summed E-state index contributed by atoms with van der Waals surface area (Å²) in [5.74, 6) is 0.717. The third-order valence-electron chi connectivity index (χ3n) is 4.92. The van der Waals surface area contributed by atoms with Gasteiger partial charge in [0.2, 0.25) is 0 Å². The normalized spacial score (nSPS) is 16.5. The average molecular weight is 382 g/mol. The van der Waals surface area contributed by atoms with Crippen molar-refractivity contribution in [3.8, 4) is 11.1 Å². The Morgan fingerprint density at radius 2 is 2.07 bits per heavy atom. The molecule has 27 heavy (non-hydrogen) atoms. The summed E-state index contributed by atoms with van der Waals surface area (Å²) in [4.78, 5) is 27.7. The van der Waals surface area contributed by atoms with Crippen molar-refractivity contribution >= 4 is 17.5 Å². The molecule has 0 bridgehead atoms. The lowest BCUT2D eigenvalue weighted by molar-refractivity contribution is 0.0592. The smallest absolute Gasteiger partial charge is 0.271 e. The molecule has 0 aromatic carbocycles. The number of amides is 1. The highest BCUT2D eigenvalue weighted by atomic mass is 35.5. The van der Waals surface area contributed by atoms with Gasteiger partial charge in [-0.1, -0.05) is 11.6 Å². The number of fused-ring (bicyclic) bond motifs is 1. The molecule has 1 atom stereocenters. The van der Waals surface area contributed by atoms with Crippen LogP contribution < -0.4 is 0 Å². The Balaban J connectivity index is 1.67. The molecule has 0 radical (unpaired) electrons. The largest absolute Gasteiger partial charge is 0.341 e. The molecular formula is C20H20ClN5O. The van der Waals surface area contributed by atoms with Gasteiger partial charge in [0.15, 0.2) is 0 Å². The molecule has 3 aromatic heterocycles. The van der Waals surface area contributed by atoms with Crippen LogP contribution in [0.1, 0.15) is 34.5 Å². The van der Waals surface area contributed by atoms with Gasteiger partial charge in [0.1, 0.15) is 16.7 Å². The lowest BCUT2D eigenvalue weighted by Gasteiger charge is -2.34. The first kappa shape index (κ1) is 17.7. The van der Waals surface area contributed by atoms with Gasteiger partial charge < -0.3 is 9.47 Å². The molecule has 138 valence electrons. The number of nitrogens with zero attached hydrogens (tertiary/aromatic N) is 5. The van der Waals surface area contributed by atoms with Crippen LogP contribution in [-0.4, -0.2) is 36.4 Å². The summed E-state index contributed by atoms with van der Waals surface area (Å²) >= 11 is 6.07. The highest BCUT2D eigenvalue weighted by Gasteiger charge is 2.31. The molecular weight excluding hydrogens is 362 g/mol. The van der Waals surface area contributed by atoms with Gasteiger partial charge in [-0.3, -0.25) is 4.79 Å². The van der Waals surface area contributed by atoms with Gasteiger partial charge in [-0.05, 0) is 50.1 Å². The van der Waals surface area contributed by atoms with Crippen molar-refractivity contribution in [3.05, 3.63) is 64.7 Å². The van der Waals surface area contributed by atoms with E-state index in [4.69, 9.17) is 11.6 Å². The van der Waals surface area contributed by atoms with Gasteiger partial charge in [-0.25, -0.2) is 15.0 Å². The maximum absolute atomic E-state index is 13.1. The molecule has 7 heteroatoms. The van der Waals surface area contributed by atoms with Crippen molar-refractivity contribution in [2.24, 2.45) is 0 Å². The third-order valence-corrected chi connectivity index (χ3v) is 5.12. The molecule has 6 nitrogen and oxygen atoms in total. The Labute approximate surface area is 162 Å². The van der Waals surface area contributed by atoms with Crippen LogP contribution >= 0.6 is 11.6 Å². The fourth-order valence-electron chi connectivity index (χ4n) is 3.52. The van der Waals surface area contributed by atoms with Crippen LogP contribution in [0.25, 0.3) is 11.1 Å². The first-order valence-electron chi connectivity index (χ1n) is 8.84. The molecule has 0 aliphatic carbocycles. The topological polar surface area (TPSA) is 63.9 Å². The number of carbonyl (C=O) groups is 1. The fourth-order valence-corrected chi connectivity index (χ4v) is 3.68. The van der Waals surface area contributed by atoms with Crippen LogP contribution in [0, 0.1) is 13.8 Å². The Bertz CT molecular complexity index is 1030. The SMILES string of the molecule is Cc1nccc(CN2C(=O)c3cc(-c4cc(Cl)ncc4C)cn3CC2C)n1. The molecule has 0 N–H and O–H groups in total.